The van der Waals surface area contributed by atoms with Crippen LogP contribution in [-0.2, 0) is 25.6 Å². The number of hydrogen-bond donors (Lipinski definition) is 6. The molecule has 4 fully saturated rings. The van der Waals surface area contributed by atoms with E-state index >= 15 is 0 Å². The topological polar surface area (TPSA) is 175 Å². The lowest BCUT2D eigenvalue weighted by Gasteiger charge is -2.33. The second-order valence-electron chi connectivity index (χ2n) is 17.9. The van der Waals surface area contributed by atoms with Gasteiger partial charge >= 0.3 is 0 Å². The molecule has 10 atom stereocenters. The van der Waals surface area contributed by atoms with Crippen molar-refractivity contribution in [1.29, 1.82) is 0 Å². The highest BCUT2D eigenvalue weighted by Gasteiger charge is 2.56. The number of primary amides is 2. The van der Waals surface area contributed by atoms with Crippen LogP contribution in [0.2, 0.25) is 0 Å². The summed E-state index contributed by atoms with van der Waals surface area (Å²) in [5, 5.41) is 12.5. The molecule has 0 spiro atoms. The molecule has 4 aliphatic rings. The maximum Gasteiger partial charge on any atom is 0.246 e. The number of likely N-dealkylation sites (N-methyl/N-ethyl adjacent to an activating group) is 2. The Morgan fingerprint density at radius 2 is 1.03 bits per heavy atom. The Morgan fingerprint density at radius 3 is 1.34 bits per heavy atom. The van der Waals surface area contributed by atoms with Crippen molar-refractivity contribution in [1.82, 2.24) is 31.1 Å². The van der Waals surface area contributed by atoms with Crippen LogP contribution in [0.1, 0.15) is 100.0 Å². The molecule has 4 amide bonds. The Hall–Kier alpha value is -3.28. The molecule has 16 heteroatoms. The summed E-state index contributed by atoms with van der Waals surface area (Å²) in [7, 11) is 3.65. The van der Waals surface area contributed by atoms with Crippen LogP contribution in [0.5, 0.6) is 0 Å². The van der Waals surface area contributed by atoms with Crippen molar-refractivity contribution < 1.29 is 19.2 Å². The molecular formula is C43H60N8O4S4. The first-order chi connectivity index (χ1) is 27.8. The molecule has 6 rings (SSSR count). The number of nitrogens with one attached hydrogen (secondary N) is 4. The average Bonchev–Trinajstić information content (AvgIpc) is 3.52. The summed E-state index contributed by atoms with van der Waals surface area (Å²) in [4.78, 5) is 58.5. The lowest BCUT2D eigenvalue weighted by Crippen LogP contribution is -2.57. The largest absolute Gasteiger partial charge is 0.368 e. The third-order valence-electron chi connectivity index (χ3n) is 12.6. The molecule has 320 valence electrons. The van der Waals surface area contributed by atoms with Gasteiger partial charge in [0, 0.05) is 10.5 Å². The highest BCUT2D eigenvalue weighted by molar-refractivity contribution is 8.00. The number of carbonyl (C=O) groups excluding carboxylic acids is 4. The molecule has 0 bridgehead atoms. The molecule has 0 saturated carbocycles. The Morgan fingerprint density at radius 1 is 0.695 bits per heavy atom. The minimum Gasteiger partial charge on any atom is -0.368 e. The fourth-order valence-corrected chi connectivity index (χ4v) is 13.4. The Kier molecular flexibility index (Phi) is 13.8. The summed E-state index contributed by atoms with van der Waals surface area (Å²) >= 11 is 14.8. The van der Waals surface area contributed by atoms with Crippen LogP contribution in [0, 0.1) is 10.8 Å². The van der Waals surface area contributed by atoms with Gasteiger partial charge in [-0.05, 0) is 93.1 Å². The highest BCUT2D eigenvalue weighted by atomic mass is 32.2. The van der Waals surface area contributed by atoms with E-state index < -0.39 is 46.8 Å². The summed E-state index contributed by atoms with van der Waals surface area (Å²) in [6, 6.07) is 14.3. The molecule has 0 aromatic heterocycles. The van der Waals surface area contributed by atoms with Crippen LogP contribution < -0.4 is 32.7 Å². The zero-order valence-electron chi connectivity index (χ0n) is 35.2. The van der Waals surface area contributed by atoms with Gasteiger partial charge < -0.3 is 42.5 Å². The van der Waals surface area contributed by atoms with E-state index in [0.717, 1.165) is 28.7 Å². The number of nitrogens with zero attached hydrogens (tertiary/aromatic N) is 2. The van der Waals surface area contributed by atoms with Gasteiger partial charge in [0.1, 0.15) is 24.2 Å². The third kappa shape index (κ3) is 9.47. The maximum absolute atomic E-state index is 14.2. The summed E-state index contributed by atoms with van der Waals surface area (Å²) in [5.74, 6) is -1.26. The number of fused-ring (bicyclic) bond motifs is 2. The average molecular weight is 881 g/mol. The van der Waals surface area contributed by atoms with E-state index in [9.17, 15) is 19.2 Å². The number of carbonyl (C=O) groups is 4. The van der Waals surface area contributed by atoms with Gasteiger partial charge in [-0.15, -0.1) is 23.5 Å². The van der Waals surface area contributed by atoms with Crippen LogP contribution in [-0.4, -0.2) is 104 Å². The van der Waals surface area contributed by atoms with E-state index in [4.69, 9.17) is 35.9 Å². The third-order valence-corrected chi connectivity index (χ3v) is 16.6. The molecule has 4 saturated heterocycles. The van der Waals surface area contributed by atoms with E-state index in [0.29, 0.717) is 35.7 Å². The van der Waals surface area contributed by atoms with Gasteiger partial charge in [-0.3, -0.25) is 19.2 Å². The molecule has 2 aromatic carbocycles. The predicted octanol–water partition coefficient (Wildman–Crippen LogP) is 4.30. The fourth-order valence-electron chi connectivity index (χ4n) is 9.16. The Bertz CT molecular complexity index is 1810. The van der Waals surface area contributed by atoms with Crippen molar-refractivity contribution in [3.63, 3.8) is 0 Å². The van der Waals surface area contributed by atoms with Crippen LogP contribution in [0.4, 0.5) is 0 Å². The van der Waals surface area contributed by atoms with Crippen molar-refractivity contribution in [2.75, 3.05) is 14.1 Å². The van der Waals surface area contributed by atoms with E-state index in [1.165, 1.54) is 0 Å². The lowest BCUT2D eigenvalue weighted by molar-refractivity contribution is -0.141. The molecule has 10 unspecified atom stereocenters. The minimum absolute atomic E-state index is 0.0207. The number of hydrogen-bond acceptors (Lipinski definition) is 10. The number of thioether (sulfide) groups is 2. The zero-order valence-corrected chi connectivity index (χ0v) is 38.5. The smallest absolute Gasteiger partial charge is 0.246 e. The molecule has 4 aliphatic heterocycles. The quantitative estimate of drug-likeness (QED) is 0.167. The monoisotopic (exact) mass is 880 g/mol. The van der Waals surface area contributed by atoms with Crippen LogP contribution in [0.25, 0.3) is 0 Å². The van der Waals surface area contributed by atoms with Crippen molar-refractivity contribution in [3.05, 3.63) is 70.8 Å². The van der Waals surface area contributed by atoms with Gasteiger partial charge in [-0.1, -0.05) is 101 Å². The van der Waals surface area contributed by atoms with Crippen LogP contribution >= 0.6 is 48.0 Å². The van der Waals surface area contributed by atoms with Gasteiger partial charge in [-0.2, -0.15) is 0 Å². The van der Waals surface area contributed by atoms with Crippen molar-refractivity contribution in [3.8, 4) is 0 Å². The van der Waals surface area contributed by atoms with Crippen LogP contribution in [0.15, 0.2) is 48.5 Å². The normalized spacial score (nSPS) is 29.7. The van der Waals surface area contributed by atoms with Gasteiger partial charge in [0.05, 0.1) is 32.8 Å². The molecular weight excluding hydrogens is 821 g/mol. The van der Waals surface area contributed by atoms with Crippen molar-refractivity contribution >= 4 is 81.6 Å². The van der Waals surface area contributed by atoms with Gasteiger partial charge in [0.2, 0.25) is 23.6 Å². The summed E-state index contributed by atoms with van der Waals surface area (Å²) in [6.45, 7) is 11.9. The SMILES string of the molecule is CNC(C)C(=S)NC1CC(c2ccc(Cc3ccc(C4CC(NC(=S)C(C)NC)C(=O)N5C(CC(C)(C)C5C(N)=O)S4)cc3)cc2)SC2CC(C)(C)C(C(N)=O)N2C1=O. The first-order valence-electron chi connectivity index (χ1n) is 20.4. The fraction of sp³-hybridized carbons (Fsp3) is 0.581. The van der Waals surface area contributed by atoms with E-state index in [-0.39, 0.29) is 45.1 Å². The van der Waals surface area contributed by atoms with E-state index in [2.05, 4.69) is 69.8 Å². The van der Waals surface area contributed by atoms with Crippen molar-refractivity contribution in [2.24, 2.45) is 22.3 Å². The molecule has 2 aromatic rings. The van der Waals surface area contributed by atoms with Gasteiger partial charge in [0.15, 0.2) is 0 Å². The molecule has 4 heterocycles. The molecule has 0 radical (unpaired) electrons. The number of thiocarbonyl (C=S) groups is 2. The number of nitrogens with two attached hydrogens (primary N) is 2. The summed E-state index contributed by atoms with van der Waals surface area (Å²) in [6.07, 6.45) is 3.07. The zero-order chi connectivity index (χ0) is 43.1. The lowest BCUT2D eigenvalue weighted by atomic mass is 9.84. The summed E-state index contributed by atoms with van der Waals surface area (Å²) < 4.78 is 0. The second kappa shape index (κ2) is 18.0. The van der Waals surface area contributed by atoms with Gasteiger partial charge in [-0.25, -0.2) is 0 Å². The predicted molar refractivity (Wildman–Crippen MR) is 246 cm³/mol. The number of amides is 4. The second-order valence-corrected chi connectivity index (χ2v) is 21.6. The minimum atomic E-state index is -0.703. The molecule has 0 aliphatic carbocycles. The molecule has 8 N–H and O–H groups in total. The summed E-state index contributed by atoms with van der Waals surface area (Å²) in [5.41, 5.74) is 15.5. The van der Waals surface area contributed by atoms with Gasteiger partial charge in [0.25, 0.3) is 0 Å². The molecule has 59 heavy (non-hydrogen) atoms. The maximum atomic E-state index is 14.2. The molecule has 12 nitrogen and oxygen atoms in total. The number of benzene rings is 2. The Balaban J connectivity index is 1.20. The first-order valence-corrected chi connectivity index (χ1v) is 23.1. The van der Waals surface area contributed by atoms with Crippen LogP contribution in [0.3, 0.4) is 0 Å². The number of rotatable bonds is 12. The first kappa shape index (κ1) is 45.3. The van der Waals surface area contributed by atoms with E-state index in [1.54, 1.807) is 33.3 Å². The Labute approximate surface area is 368 Å². The van der Waals surface area contributed by atoms with E-state index in [1.807, 2.05) is 55.6 Å². The van der Waals surface area contributed by atoms with Crippen molar-refractivity contribution in [2.45, 2.75) is 131 Å². The highest BCUT2D eigenvalue weighted by Crippen LogP contribution is 2.53. The standard InChI is InChI=1S/C43H60N8O4S4/c1-22(46-7)38(56)48-28-18-30(58-32-20-42(3,4)34(36(44)52)50(32)40(28)54)26-13-9-24(10-14-26)17-25-11-15-27(16-12-25)31-19-29(49-39(57)23(2)47-8)41(55)51-33(59-31)21-43(5,6)35(51)37(45)53/h9-16,22-23,28-35,46-47H,17-21H2,1-8H3,(H2,44,52)(H2,45,53)(H,48,56)(H,49,57).